The summed E-state index contributed by atoms with van der Waals surface area (Å²) in [7, 11) is 0. The van der Waals surface area contributed by atoms with E-state index >= 15 is 0 Å². The predicted octanol–water partition coefficient (Wildman–Crippen LogP) is 2.24. The van der Waals surface area contributed by atoms with Gasteiger partial charge >= 0.3 is 0 Å². The van der Waals surface area contributed by atoms with E-state index in [2.05, 4.69) is 5.32 Å². The second-order valence-corrected chi connectivity index (χ2v) is 5.52. The van der Waals surface area contributed by atoms with Crippen LogP contribution in [0, 0.1) is 0 Å². The van der Waals surface area contributed by atoms with Crippen LogP contribution in [0.15, 0.2) is 18.2 Å². The van der Waals surface area contributed by atoms with Gasteiger partial charge in [-0.05, 0) is 31.5 Å². The van der Waals surface area contributed by atoms with E-state index in [4.69, 9.17) is 11.6 Å². The Hall–Kier alpha value is -1.88. The Balaban J connectivity index is 2.02. The zero-order valence-electron chi connectivity index (χ0n) is 12.0. The first-order valence-corrected chi connectivity index (χ1v) is 7.27. The van der Waals surface area contributed by atoms with Gasteiger partial charge in [0.2, 0.25) is 5.91 Å². The van der Waals surface area contributed by atoms with Crippen LogP contribution < -0.4 is 5.32 Å². The molecular formula is C15H17ClN2O3. The zero-order valence-corrected chi connectivity index (χ0v) is 12.7. The number of hydrogen-bond acceptors (Lipinski definition) is 3. The number of halogens is 1. The highest BCUT2D eigenvalue weighted by atomic mass is 35.5. The molecule has 112 valence electrons. The third-order valence-electron chi connectivity index (χ3n) is 3.51. The van der Waals surface area contributed by atoms with Crippen molar-refractivity contribution in [2.45, 2.75) is 32.7 Å². The van der Waals surface area contributed by atoms with Gasteiger partial charge in [-0.1, -0.05) is 18.5 Å². The lowest BCUT2D eigenvalue weighted by Crippen LogP contribution is -2.37. The highest BCUT2D eigenvalue weighted by molar-refractivity contribution is 6.32. The third-order valence-corrected chi connectivity index (χ3v) is 3.75. The Kier molecular flexibility index (Phi) is 4.63. The molecule has 1 aromatic rings. The first-order valence-electron chi connectivity index (χ1n) is 6.89. The molecule has 0 saturated carbocycles. The minimum atomic E-state index is -0.395. The molecule has 0 aromatic heterocycles. The van der Waals surface area contributed by atoms with Crippen molar-refractivity contribution < 1.29 is 14.4 Å². The largest absolute Gasteiger partial charge is 0.354 e. The van der Waals surface area contributed by atoms with Crippen molar-refractivity contribution in [1.29, 1.82) is 0 Å². The van der Waals surface area contributed by atoms with Crippen molar-refractivity contribution in [2.24, 2.45) is 0 Å². The van der Waals surface area contributed by atoms with E-state index in [1.54, 1.807) is 6.07 Å². The summed E-state index contributed by atoms with van der Waals surface area (Å²) in [5.41, 5.74) is 0.640. The van der Waals surface area contributed by atoms with Gasteiger partial charge in [0.25, 0.3) is 11.8 Å². The van der Waals surface area contributed by atoms with Crippen molar-refractivity contribution >= 4 is 29.3 Å². The van der Waals surface area contributed by atoms with E-state index in [9.17, 15) is 14.4 Å². The fourth-order valence-electron chi connectivity index (χ4n) is 2.13. The minimum absolute atomic E-state index is 0.0756. The van der Waals surface area contributed by atoms with Crippen LogP contribution in [0.1, 0.15) is 47.4 Å². The SMILES string of the molecule is CCC(C)NC(=O)CCN1C(=O)c2ccc(Cl)cc2C1=O. The van der Waals surface area contributed by atoms with E-state index in [1.807, 2.05) is 13.8 Å². The Morgan fingerprint density at radius 2 is 1.95 bits per heavy atom. The molecule has 0 radical (unpaired) electrons. The lowest BCUT2D eigenvalue weighted by atomic mass is 10.1. The van der Waals surface area contributed by atoms with Crippen molar-refractivity contribution in [3.8, 4) is 0 Å². The topological polar surface area (TPSA) is 66.5 Å². The Labute approximate surface area is 128 Å². The van der Waals surface area contributed by atoms with Gasteiger partial charge in [-0.25, -0.2) is 0 Å². The molecule has 1 aromatic carbocycles. The summed E-state index contributed by atoms with van der Waals surface area (Å²) in [6.07, 6.45) is 0.931. The number of carbonyl (C=O) groups excluding carboxylic acids is 3. The molecule has 1 heterocycles. The molecule has 0 saturated heterocycles. The first kappa shape index (κ1) is 15.5. The van der Waals surface area contributed by atoms with Gasteiger partial charge in [0.1, 0.15) is 0 Å². The molecule has 21 heavy (non-hydrogen) atoms. The maximum absolute atomic E-state index is 12.2. The molecule has 1 aliphatic rings. The number of hydrogen-bond donors (Lipinski definition) is 1. The number of fused-ring (bicyclic) bond motifs is 1. The number of nitrogens with one attached hydrogen (secondary N) is 1. The summed E-state index contributed by atoms with van der Waals surface area (Å²) in [4.78, 5) is 37.1. The summed E-state index contributed by atoms with van der Waals surface area (Å²) < 4.78 is 0. The van der Waals surface area contributed by atoms with E-state index in [-0.39, 0.29) is 30.8 Å². The Morgan fingerprint density at radius 3 is 2.62 bits per heavy atom. The summed E-state index contributed by atoms with van der Waals surface area (Å²) in [5.74, 6) is -0.934. The molecule has 5 nitrogen and oxygen atoms in total. The molecule has 6 heteroatoms. The van der Waals surface area contributed by atoms with Crippen LogP contribution in [0.3, 0.4) is 0 Å². The maximum Gasteiger partial charge on any atom is 0.261 e. The van der Waals surface area contributed by atoms with Gasteiger partial charge in [0.05, 0.1) is 11.1 Å². The molecule has 1 unspecified atom stereocenters. The van der Waals surface area contributed by atoms with Gasteiger partial charge < -0.3 is 5.32 Å². The normalized spacial score (nSPS) is 15.1. The highest BCUT2D eigenvalue weighted by Crippen LogP contribution is 2.25. The molecule has 2 rings (SSSR count). The smallest absolute Gasteiger partial charge is 0.261 e. The molecule has 1 atom stereocenters. The second kappa shape index (κ2) is 6.26. The zero-order chi connectivity index (χ0) is 15.6. The standard InChI is InChI=1S/C15H17ClN2O3/c1-3-9(2)17-13(19)6-7-18-14(20)11-5-4-10(16)8-12(11)15(18)21/h4-5,8-9H,3,6-7H2,1-2H3,(H,17,19). The van der Waals surface area contributed by atoms with Gasteiger partial charge in [-0.15, -0.1) is 0 Å². The number of carbonyl (C=O) groups is 3. The Morgan fingerprint density at radius 1 is 1.29 bits per heavy atom. The van der Waals surface area contributed by atoms with Gasteiger partial charge in [0.15, 0.2) is 0 Å². The number of amides is 3. The van der Waals surface area contributed by atoms with Crippen molar-refractivity contribution in [3.05, 3.63) is 34.3 Å². The molecule has 0 bridgehead atoms. The first-order chi connectivity index (χ1) is 9.93. The number of rotatable bonds is 5. The third kappa shape index (κ3) is 3.24. The molecule has 3 amide bonds. The summed E-state index contributed by atoms with van der Waals surface area (Å²) in [5, 5.41) is 3.21. The average Bonchev–Trinajstić information content (AvgIpc) is 2.68. The molecule has 0 fully saturated rings. The predicted molar refractivity (Wildman–Crippen MR) is 79.3 cm³/mol. The van der Waals surface area contributed by atoms with Gasteiger partial charge in [-0.3, -0.25) is 19.3 Å². The molecule has 1 aliphatic heterocycles. The number of nitrogens with zero attached hydrogens (tertiary/aromatic N) is 1. The summed E-state index contributed by atoms with van der Waals surface area (Å²) >= 11 is 5.84. The molecule has 0 spiro atoms. The summed E-state index contributed by atoms with van der Waals surface area (Å²) in [6.45, 7) is 3.95. The molecule has 1 N–H and O–H groups in total. The van der Waals surface area contributed by atoms with Crippen LogP contribution >= 0.6 is 11.6 Å². The lowest BCUT2D eigenvalue weighted by molar-refractivity contribution is -0.121. The van der Waals surface area contributed by atoms with Crippen molar-refractivity contribution in [1.82, 2.24) is 10.2 Å². The van der Waals surface area contributed by atoms with Crippen LogP contribution in [-0.2, 0) is 4.79 Å². The fraction of sp³-hybridized carbons (Fsp3) is 0.400. The van der Waals surface area contributed by atoms with Crippen LogP contribution in [0.2, 0.25) is 5.02 Å². The Bertz CT molecular complexity index is 601. The second-order valence-electron chi connectivity index (χ2n) is 5.08. The highest BCUT2D eigenvalue weighted by Gasteiger charge is 2.35. The monoisotopic (exact) mass is 308 g/mol. The minimum Gasteiger partial charge on any atom is -0.354 e. The number of benzene rings is 1. The molecular weight excluding hydrogens is 292 g/mol. The van der Waals surface area contributed by atoms with E-state index in [1.165, 1.54) is 12.1 Å². The lowest BCUT2D eigenvalue weighted by Gasteiger charge is -2.15. The maximum atomic E-state index is 12.2. The van der Waals surface area contributed by atoms with Crippen LogP contribution in [0.5, 0.6) is 0 Å². The average molecular weight is 309 g/mol. The summed E-state index contributed by atoms with van der Waals surface area (Å²) in [6, 6.07) is 4.68. The van der Waals surface area contributed by atoms with Crippen molar-refractivity contribution in [3.63, 3.8) is 0 Å². The van der Waals surface area contributed by atoms with Gasteiger partial charge in [0, 0.05) is 24.0 Å². The quantitative estimate of drug-likeness (QED) is 0.848. The number of imide groups is 1. The molecule has 0 aliphatic carbocycles. The van der Waals surface area contributed by atoms with Gasteiger partial charge in [-0.2, -0.15) is 0 Å². The van der Waals surface area contributed by atoms with Crippen LogP contribution in [0.4, 0.5) is 0 Å². The van der Waals surface area contributed by atoms with Crippen molar-refractivity contribution in [2.75, 3.05) is 6.54 Å². The van der Waals surface area contributed by atoms with E-state index in [0.29, 0.717) is 16.1 Å². The van der Waals surface area contributed by atoms with Crippen LogP contribution in [0.25, 0.3) is 0 Å². The fourth-order valence-corrected chi connectivity index (χ4v) is 2.30. The van der Waals surface area contributed by atoms with Crippen LogP contribution in [-0.4, -0.2) is 35.2 Å². The van der Waals surface area contributed by atoms with E-state index < -0.39 is 5.91 Å². The van der Waals surface area contributed by atoms with E-state index in [0.717, 1.165) is 11.3 Å².